The van der Waals surface area contributed by atoms with E-state index in [4.69, 9.17) is 5.73 Å². The minimum atomic E-state index is -3.44. The van der Waals surface area contributed by atoms with E-state index < -0.39 is 15.6 Å². The molecule has 0 heterocycles. The third-order valence-electron chi connectivity index (χ3n) is 3.98. The van der Waals surface area contributed by atoms with Gasteiger partial charge in [0.05, 0.1) is 4.90 Å². The highest BCUT2D eigenvalue weighted by atomic mass is 32.2. The van der Waals surface area contributed by atoms with Crippen molar-refractivity contribution in [3.63, 3.8) is 0 Å². The van der Waals surface area contributed by atoms with Gasteiger partial charge >= 0.3 is 0 Å². The van der Waals surface area contributed by atoms with Gasteiger partial charge in [0, 0.05) is 19.1 Å². The molecular weight excluding hydrogens is 248 g/mol. The molecular formula is C13H20N2O2S. The number of hydrogen-bond donors (Lipinski definition) is 1. The van der Waals surface area contributed by atoms with Crippen LogP contribution in [0.15, 0.2) is 35.2 Å². The zero-order valence-electron chi connectivity index (χ0n) is 10.7. The SMILES string of the molecule is CN(C1(CN)CCCC1)S(=O)(=O)c1ccccc1. The molecule has 18 heavy (non-hydrogen) atoms. The number of nitrogens with two attached hydrogens (primary N) is 1. The molecule has 0 amide bonds. The lowest BCUT2D eigenvalue weighted by atomic mass is 9.98. The molecule has 0 aliphatic heterocycles. The van der Waals surface area contributed by atoms with Crippen LogP contribution >= 0.6 is 0 Å². The molecule has 0 aromatic heterocycles. The lowest BCUT2D eigenvalue weighted by Crippen LogP contribution is -2.52. The van der Waals surface area contributed by atoms with Crippen LogP contribution in [0.2, 0.25) is 0 Å². The van der Waals surface area contributed by atoms with Crippen LogP contribution in [0.4, 0.5) is 0 Å². The third-order valence-corrected chi connectivity index (χ3v) is 5.96. The van der Waals surface area contributed by atoms with Gasteiger partial charge in [-0.25, -0.2) is 8.42 Å². The second-order valence-corrected chi connectivity index (χ2v) is 6.89. The molecule has 2 rings (SSSR count). The van der Waals surface area contributed by atoms with Crippen LogP contribution in [-0.4, -0.2) is 31.9 Å². The Bertz CT molecular complexity index is 493. The van der Waals surface area contributed by atoms with E-state index >= 15 is 0 Å². The van der Waals surface area contributed by atoms with E-state index in [1.54, 1.807) is 31.3 Å². The van der Waals surface area contributed by atoms with Crippen molar-refractivity contribution in [2.24, 2.45) is 5.73 Å². The summed E-state index contributed by atoms with van der Waals surface area (Å²) in [6.07, 6.45) is 3.80. The molecule has 0 radical (unpaired) electrons. The summed E-state index contributed by atoms with van der Waals surface area (Å²) in [5.74, 6) is 0. The monoisotopic (exact) mass is 268 g/mol. The summed E-state index contributed by atoms with van der Waals surface area (Å²) in [5.41, 5.74) is 5.44. The first-order chi connectivity index (χ1) is 8.53. The molecule has 2 N–H and O–H groups in total. The number of hydrogen-bond acceptors (Lipinski definition) is 3. The normalized spacial score (nSPS) is 19.3. The van der Waals surface area contributed by atoms with Crippen molar-refractivity contribution < 1.29 is 8.42 Å². The van der Waals surface area contributed by atoms with E-state index in [0.29, 0.717) is 11.4 Å². The smallest absolute Gasteiger partial charge is 0.243 e. The maximum absolute atomic E-state index is 12.6. The molecule has 1 aromatic rings. The highest BCUT2D eigenvalue weighted by Gasteiger charge is 2.42. The summed E-state index contributed by atoms with van der Waals surface area (Å²) < 4.78 is 26.6. The van der Waals surface area contributed by atoms with E-state index in [1.807, 2.05) is 6.07 Å². The van der Waals surface area contributed by atoms with Gasteiger partial charge in [-0.15, -0.1) is 0 Å². The fourth-order valence-electron chi connectivity index (χ4n) is 2.69. The number of rotatable bonds is 4. The highest BCUT2D eigenvalue weighted by Crippen LogP contribution is 2.36. The Kier molecular flexibility index (Phi) is 3.75. The van der Waals surface area contributed by atoms with Crippen LogP contribution in [0, 0.1) is 0 Å². The second-order valence-electron chi connectivity index (χ2n) is 4.92. The van der Waals surface area contributed by atoms with Gasteiger partial charge in [-0.05, 0) is 25.0 Å². The van der Waals surface area contributed by atoms with Crippen molar-refractivity contribution in [3.05, 3.63) is 30.3 Å². The Balaban J connectivity index is 2.36. The second kappa shape index (κ2) is 4.99. The van der Waals surface area contributed by atoms with Crippen LogP contribution in [0.5, 0.6) is 0 Å². The topological polar surface area (TPSA) is 63.4 Å². The van der Waals surface area contributed by atoms with E-state index in [9.17, 15) is 8.42 Å². The van der Waals surface area contributed by atoms with Gasteiger partial charge in [0.2, 0.25) is 10.0 Å². The summed E-state index contributed by atoms with van der Waals surface area (Å²) in [6.45, 7) is 0.384. The summed E-state index contributed by atoms with van der Waals surface area (Å²) in [4.78, 5) is 0.340. The van der Waals surface area contributed by atoms with E-state index in [-0.39, 0.29) is 0 Å². The van der Waals surface area contributed by atoms with Crippen LogP contribution in [-0.2, 0) is 10.0 Å². The molecule has 1 saturated carbocycles. The lowest BCUT2D eigenvalue weighted by molar-refractivity contribution is 0.230. The molecule has 100 valence electrons. The van der Waals surface area contributed by atoms with Gasteiger partial charge in [-0.3, -0.25) is 0 Å². The lowest BCUT2D eigenvalue weighted by Gasteiger charge is -2.36. The number of sulfonamides is 1. The van der Waals surface area contributed by atoms with E-state index in [1.165, 1.54) is 4.31 Å². The predicted octanol–water partition coefficient (Wildman–Crippen LogP) is 1.58. The molecule has 0 saturated heterocycles. The van der Waals surface area contributed by atoms with Gasteiger partial charge in [0.1, 0.15) is 0 Å². The Morgan fingerprint density at radius 3 is 2.28 bits per heavy atom. The van der Waals surface area contributed by atoms with Crippen LogP contribution < -0.4 is 5.73 Å². The van der Waals surface area contributed by atoms with Gasteiger partial charge in [0.25, 0.3) is 0 Å². The maximum Gasteiger partial charge on any atom is 0.243 e. The maximum atomic E-state index is 12.6. The zero-order chi connectivity index (χ0) is 13.2. The summed E-state index contributed by atoms with van der Waals surface area (Å²) in [6, 6.07) is 8.55. The fraction of sp³-hybridized carbons (Fsp3) is 0.538. The first-order valence-electron chi connectivity index (χ1n) is 6.27. The van der Waals surface area contributed by atoms with Crippen molar-refractivity contribution >= 4 is 10.0 Å². The van der Waals surface area contributed by atoms with Crippen molar-refractivity contribution in [1.29, 1.82) is 0 Å². The molecule has 1 fully saturated rings. The molecule has 0 atom stereocenters. The van der Waals surface area contributed by atoms with Gasteiger partial charge in [-0.2, -0.15) is 4.31 Å². The van der Waals surface area contributed by atoms with E-state index in [0.717, 1.165) is 25.7 Å². The minimum Gasteiger partial charge on any atom is -0.329 e. The quantitative estimate of drug-likeness (QED) is 0.901. The zero-order valence-corrected chi connectivity index (χ0v) is 11.5. The van der Waals surface area contributed by atoms with Crippen LogP contribution in [0.1, 0.15) is 25.7 Å². The molecule has 1 aliphatic carbocycles. The van der Waals surface area contributed by atoms with Gasteiger partial charge < -0.3 is 5.73 Å². The standard InChI is InChI=1S/C13H20N2O2S/c1-15(13(11-14)9-5-6-10-13)18(16,17)12-7-3-2-4-8-12/h2-4,7-8H,5-6,9-11,14H2,1H3. The van der Waals surface area contributed by atoms with Crippen LogP contribution in [0.25, 0.3) is 0 Å². The molecule has 1 aromatic carbocycles. The predicted molar refractivity (Wildman–Crippen MR) is 71.6 cm³/mol. The Hall–Kier alpha value is -0.910. The first-order valence-corrected chi connectivity index (χ1v) is 7.71. The molecule has 0 bridgehead atoms. The Morgan fingerprint density at radius 1 is 1.22 bits per heavy atom. The molecule has 0 spiro atoms. The summed E-state index contributed by atoms with van der Waals surface area (Å²) in [5, 5.41) is 0. The van der Waals surface area contributed by atoms with E-state index in [2.05, 4.69) is 0 Å². The summed E-state index contributed by atoms with van der Waals surface area (Å²) >= 11 is 0. The average molecular weight is 268 g/mol. The molecule has 4 nitrogen and oxygen atoms in total. The minimum absolute atomic E-state index is 0.340. The molecule has 1 aliphatic rings. The van der Waals surface area contributed by atoms with Gasteiger partial charge in [0.15, 0.2) is 0 Å². The summed E-state index contributed by atoms with van der Waals surface area (Å²) in [7, 11) is -1.79. The number of likely N-dealkylation sites (N-methyl/N-ethyl adjacent to an activating group) is 1. The van der Waals surface area contributed by atoms with Crippen molar-refractivity contribution in [2.45, 2.75) is 36.1 Å². The van der Waals surface area contributed by atoms with Gasteiger partial charge in [-0.1, -0.05) is 31.0 Å². The van der Waals surface area contributed by atoms with Crippen molar-refractivity contribution in [1.82, 2.24) is 4.31 Å². The fourth-order valence-corrected chi connectivity index (χ4v) is 4.27. The van der Waals surface area contributed by atoms with Crippen molar-refractivity contribution in [2.75, 3.05) is 13.6 Å². The number of nitrogens with zero attached hydrogens (tertiary/aromatic N) is 1. The van der Waals surface area contributed by atoms with Crippen LogP contribution in [0.3, 0.4) is 0 Å². The molecule has 5 heteroatoms. The average Bonchev–Trinajstić information content (AvgIpc) is 2.88. The first kappa shape index (κ1) is 13.5. The number of benzene rings is 1. The Labute approximate surface area is 109 Å². The highest BCUT2D eigenvalue weighted by molar-refractivity contribution is 7.89. The third kappa shape index (κ3) is 2.18. The molecule has 0 unspecified atom stereocenters. The van der Waals surface area contributed by atoms with Crippen molar-refractivity contribution in [3.8, 4) is 0 Å². The Morgan fingerprint density at radius 2 is 1.78 bits per heavy atom. The largest absolute Gasteiger partial charge is 0.329 e.